The molecule has 0 bridgehead atoms. The fraction of sp³-hybridized carbons (Fsp3) is 0.214. The van der Waals surface area contributed by atoms with Crippen molar-refractivity contribution in [2.45, 2.75) is 0 Å². The molecule has 37 heavy (non-hydrogen) atoms. The normalized spacial score (nSPS) is 15.1. The van der Waals surface area contributed by atoms with Crippen LogP contribution in [0.5, 0.6) is 0 Å². The summed E-state index contributed by atoms with van der Waals surface area (Å²) in [5, 5.41) is 0.865. The van der Waals surface area contributed by atoms with Gasteiger partial charge in [-0.15, -0.1) is 0 Å². The van der Waals surface area contributed by atoms with E-state index in [0.29, 0.717) is 46.4 Å². The average molecular weight is 500 g/mol. The predicted molar refractivity (Wildman–Crippen MR) is 139 cm³/mol. The smallest absolute Gasteiger partial charge is 0.295 e. The maximum absolute atomic E-state index is 13.5. The summed E-state index contributed by atoms with van der Waals surface area (Å²) in [6, 6.07) is 14.3. The summed E-state index contributed by atoms with van der Waals surface area (Å²) in [5.41, 5.74) is 8.07. The lowest BCUT2D eigenvalue weighted by atomic mass is 10.1. The minimum Gasteiger partial charge on any atom is -0.496 e. The molecule has 1 saturated heterocycles. The van der Waals surface area contributed by atoms with Crippen LogP contribution in [0.1, 0.15) is 26.4 Å². The van der Waals surface area contributed by atoms with E-state index in [1.807, 2.05) is 24.3 Å². The van der Waals surface area contributed by atoms with E-state index in [-0.39, 0.29) is 24.6 Å². The molecular formula is C28H29N5O4. The Bertz CT molecular complexity index is 1450. The number of hydrogen-bond acceptors (Lipinski definition) is 6. The highest BCUT2D eigenvalue weighted by molar-refractivity contribution is 6.42. The Hall–Kier alpha value is -4.66. The number of ketones is 1. The molecule has 0 aliphatic carbocycles. The van der Waals surface area contributed by atoms with Gasteiger partial charge in [0.1, 0.15) is 5.76 Å². The summed E-state index contributed by atoms with van der Waals surface area (Å²) in [7, 11) is 3.20. The largest absolute Gasteiger partial charge is 0.496 e. The van der Waals surface area contributed by atoms with Crippen LogP contribution in [0.3, 0.4) is 0 Å². The second-order valence-corrected chi connectivity index (χ2v) is 8.56. The Morgan fingerprint density at radius 3 is 2.24 bits per heavy atom. The number of carbonyl (C=O) groups excluding carboxylic acids is 3. The summed E-state index contributed by atoms with van der Waals surface area (Å²) >= 11 is 0. The van der Waals surface area contributed by atoms with E-state index >= 15 is 0 Å². The molecule has 0 atom stereocenters. The summed E-state index contributed by atoms with van der Waals surface area (Å²) in [4.78, 5) is 47.0. The predicted octanol–water partition coefficient (Wildman–Crippen LogP) is 0.643. The molecule has 2 aromatic heterocycles. The summed E-state index contributed by atoms with van der Waals surface area (Å²) < 4.78 is 7.18. The van der Waals surface area contributed by atoms with Gasteiger partial charge in [0.25, 0.3) is 17.6 Å². The molecule has 2 N–H and O–H groups in total. The Morgan fingerprint density at radius 2 is 1.65 bits per heavy atom. The first-order valence-corrected chi connectivity index (χ1v) is 11.8. The topological polar surface area (TPSA) is 111 Å². The fourth-order valence-electron chi connectivity index (χ4n) is 4.44. The van der Waals surface area contributed by atoms with Gasteiger partial charge in [0.15, 0.2) is 0 Å². The van der Waals surface area contributed by atoms with Crippen LogP contribution in [-0.2, 0) is 16.6 Å². The molecule has 1 aliphatic rings. The Labute approximate surface area is 214 Å². The summed E-state index contributed by atoms with van der Waals surface area (Å²) in [6.45, 7) is 4.97. The molecule has 1 aliphatic heterocycles. The number of nitrogens with zero attached hydrogens (tertiary/aromatic N) is 4. The molecule has 0 radical (unpaired) electrons. The van der Waals surface area contributed by atoms with Gasteiger partial charge in [-0.05, 0) is 30.3 Å². The van der Waals surface area contributed by atoms with Gasteiger partial charge < -0.3 is 24.8 Å². The number of aryl methyl sites for hydroxylation is 1. The molecule has 9 nitrogen and oxygen atoms in total. The first kappa shape index (κ1) is 25.4. The van der Waals surface area contributed by atoms with Crippen LogP contribution in [-0.4, -0.2) is 70.2 Å². The van der Waals surface area contributed by atoms with Gasteiger partial charge in [-0.1, -0.05) is 30.8 Å². The second kappa shape index (κ2) is 10.9. The lowest BCUT2D eigenvalue weighted by Gasteiger charge is -2.34. The number of benzene rings is 1. The molecule has 1 fully saturated rings. The van der Waals surface area contributed by atoms with E-state index in [9.17, 15) is 14.4 Å². The SMILES string of the molecule is C=C/C(OC)=c1/c(C(=O)C(=O)N2CCN(C(=O)c3ccccc3)CC2)cn(C)/c1=C(/N)c1ccccn1. The maximum atomic E-state index is 13.5. The third kappa shape index (κ3) is 5.02. The highest BCUT2D eigenvalue weighted by Crippen LogP contribution is 2.11. The lowest BCUT2D eigenvalue weighted by molar-refractivity contribution is -0.127. The minimum absolute atomic E-state index is 0.0973. The number of rotatable bonds is 6. The molecule has 4 rings (SSSR count). The van der Waals surface area contributed by atoms with Crippen molar-refractivity contribution in [1.82, 2.24) is 19.4 Å². The van der Waals surface area contributed by atoms with Crippen LogP contribution in [0.2, 0.25) is 0 Å². The van der Waals surface area contributed by atoms with Gasteiger partial charge in [-0.3, -0.25) is 19.4 Å². The first-order chi connectivity index (χ1) is 17.9. The number of carbonyl (C=O) groups is 3. The number of amides is 2. The second-order valence-electron chi connectivity index (χ2n) is 8.56. The Kier molecular flexibility index (Phi) is 7.52. The molecule has 9 heteroatoms. The van der Waals surface area contributed by atoms with Crippen molar-refractivity contribution in [3.05, 3.63) is 101 Å². The molecule has 3 aromatic rings. The van der Waals surface area contributed by atoms with Crippen LogP contribution >= 0.6 is 0 Å². The van der Waals surface area contributed by atoms with Gasteiger partial charge in [0.2, 0.25) is 0 Å². The van der Waals surface area contributed by atoms with E-state index in [2.05, 4.69) is 11.6 Å². The monoisotopic (exact) mass is 499 g/mol. The number of pyridine rings is 1. The van der Waals surface area contributed by atoms with Gasteiger partial charge >= 0.3 is 0 Å². The lowest BCUT2D eigenvalue weighted by Crippen LogP contribution is -2.52. The van der Waals surface area contributed by atoms with Crippen LogP contribution in [0, 0.1) is 0 Å². The molecule has 3 heterocycles. The van der Waals surface area contributed by atoms with Crippen molar-refractivity contribution in [3.63, 3.8) is 0 Å². The van der Waals surface area contributed by atoms with Crippen LogP contribution in [0.15, 0.2) is 73.6 Å². The van der Waals surface area contributed by atoms with Crippen LogP contribution < -0.4 is 16.3 Å². The van der Waals surface area contributed by atoms with Crippen molar-refractivity contribution in [2.24, 2.45) is 12.8 Å². The van der Waals surface area contributed by atoms with Crippen LogP contribution in [0.25, 0.3) is 11.5 Å². The number of piperazine rings is 1. The van der Waals surface area contributed by atoms with E-state index in [0.717, 1.165) is 0 Å². The molecule has 0 spiro atoms. The van der Waals surface area contributed by atoms with Crippen molar-refractivity contribution in [2.75, 3.05) is 33.3 Å². The molecular weight excluding hydrogens is 470 g/mol. The zero-order valence-corrected chi connectivity index (χ0v) is 20.9. The van der Waals surface area contributed by atoms with Crippen molar-refractivity contribution < 1.29 is 19.1 Å². The molecule has 190 valence electrons. The van der Waals surface area contributed by atoms with Crippen molar-refractivity contribution in [3.8, 4) is 0 Å². The first-order valence-electron chi connectivity index (χ1n) is 11.8. The van der Waals surface area contributed by atoms with Crippen molar-refractivity contribution >= 4 is 29.1 Å². The highest BCUT2D eigenvalue weighted by atomic mass is 16.5. The Morgan fingerprint density at radius 1 is 1.00 bits per heavy atom. The van der Waals surface area contributed by atoms with Gasteiger partial charge in [-0.2, -0.15) is 0 Å². The fourth-order valence-corrected chi connectivity index (χ4v) is 4.44. The van der Waals surface area contributed by atoms with Crippen molar-refractivity contribution in [1.29, 1.82) is 0 Å². The maximum Gasteiger partial charge on any atom is 0.295 e. The molecule has 2 amide bonds. The highest BCUT2D eigenvalue weighted by Gasteiger charge is 2.30. The van der Waals surface area contributed by atoms with E-state index in [1.54, 1.807) is 53.2 Å². The van der Waals surface area contributed by atoms with E-state index in [1.165, 1.54) is 18.1 Å². The number of ether oxygens (including phenoxy) is 1. The molecule has 1 aromatic carbocycles. The standard InChI is InChI=1S/C28H29N5O4/c1-4-22(37-3)23-20(18-31(2)25(23)24(29)21-12-8-9-13-30-21)26(34)28(36)33-16-14-32(15-17-33)27(35)19-10-6-5-7-11-19/h4-13,18H,1,14-17,29H2,2-3H3/b23-22+,25-24+. The van der Waals surface area contributed by atoms with Gasteiger partial charge in [-0.25, -0.2) is 0 Å². The third-order valence-electron chi connectivity index (χ3n) is 6.34. The number of aromatic nitrogens is 2. The van der Waals surface area contributed by atoms with Crippen LogP contribution in [0.4, 0.5) is 0 Å². The van der Waals surface area contributed by atoms with E-state index < -0.39 is 11.7 Å². The molecule has 0 saturated carbocycles. The quantitative estimate of drug-likeness (QED) is 0.394. The average Bonchev–Trinajstić information content (AvgIpc) is 3.29. The zero-order valence-electron chi connectivity index (χ0n) is 20.9. The Balaban J connectivity index is 1.65. The number of hydrogen-bond donors (Lipinski definition) is 1. The number of nitrogens with two attached hydrogens (primary N) is 1. The summed E-state index contributed by atoms with van der Waals surface area (Å²) in [5.74, 6) is -1.13. The van der Waals surface area contributed by atoms with E-state index in [4.69, 9.17) is 10.5 Å². The number of methoxy groups -OCH3 is 1. The van der Waals surface area contributed by atoms with Gasteiger partial charge in [0.05, 0.1) is 34.6 Å². The summed E-state index contributed by atoms with van der Waals surface area (Å²) in [6.07, 6.45) is 4.66. The molecule has 0 unspecified atom stereocenters. The number of Topliss-reactive ketones (excluding diaryl/α,β-unsaturated/α-hetero) is 1. The zero-order chi connectivity index (χ0) is 26.5. The minimum atomic E-state index is -0.690. The third-order valence-corrected chi connectivity index (χ3v) is 6.34. The van der Waals surface area contributed by atoms with Gasteiger partial charge in [0, 0.05) is 51.2 Å².